The van der Waals surface area contributed by atoms with Crippen molar-refractivity contribution >= 4 is 34.8 Å². The standard InChI is InChI=1S/C27H28ClN5O3/c1-16-25(17(2)34)26(32-24-8-5-20(28)15-30-24)21-13-18(3-7-23(21)31-16)22-6-4-19(14-29-22)27(35)33-9-11-36-12-10-33/h3-8,13-16,25-26,31H,9-12H2,1-2H3,(H,30,32)/t16-,25?,26-/m0/s1. The van der Waals surface area contributed by atoms with Crippen LogP contribution in [0.5, 0.6) is 0 Å². The van der Waals surface area contributed by atoms with Crippen molar-refractivity contribution in [2.75, 3.05) is 36.9 Å². The molecule has 1 unspecified atom stereocenters. The van der Waals surface area contributed by atoms with E-state index in [2.05, 4.69) is 20.6 Å². The topological polar surface area (TPSA) is 96.5 Å². The van der Waals surface area contributed by atoms with Gasteiger partial charge in [-0.25, -0.2) is 4.98 Å². The van der Waals surface area contributed by atoms with Crippen molar-refractivity contribution in [2.45, 2.75) is 25.9 Å². The lowest BCUT2D eigenvalue weighted by atomic mass is 9.80. The second-order valence-electron chi connectivity index (χ2n) is 9.19. The molecule has 0 bridgehead atoms. The molecule has 0 aliphatic carbocycles. The van der Waals surface area contributed by atoms with E-state index in [1.165, 1.54) is 0 Å². The SMILES string of the molecule is CC(=O)C1[C@H](C)Nc2ccc(-c3ccc(C(=O)N4CCOCC4)cn3)cc2[C@@H]1Nc1ccc(Cl)cn1. The molecule has 2 N–H and O–H groups in total. The predicted octanol–water partition coefficient (Wildman–Crippen LogP) is 4.44. The number of Topliss-reactive ketones (excluding diaryl/α,β-unsaturated/α-hetero) is 1. The minimum Gasteiger partial charge on any atom is -0.381 e. The van der Waals surface area contributed by atoms with Crippen LogP contribution in [0.25, 0.3) is 11.3 Å². The fourth-order valence-corrected chi connectivity index (χ4v) is 5.05. The monoisotopic (exact) mass is 505 g/mol. The molecule has 0 saturated carbocycles. The summed E-state index contributed by atoms with van der Waals surface area (Å²) >= 11 is 6.01. The Bertz CT molecular complexity index is 1260. The van der Waals surface area contributed by atoms with Gasteiger partial charge in [0.2, 0.25) is 0 Å². The molecule has 1 fully saturated rings. The number of benzene rings is 1. The minimum atomic E-state index is -0.299. The fraction of sp³-hybridized carbons (Fsp3) is 0.333. The van der Waals surface area contributed by atoms with Crippen LogP contribution < -0.4 is 10.6 Å². The largest absolute Gasteiger partial charge is 0.381 e. The molecule has 1 aromatic carbocycles. The van der Waals surface area contributed by atoms with Crippen LogP contribution >= 0.6 is 11.6 Å². The summed E-state index contributed by atoms with van der Waals surface area (Å²) in [6.07, 6.45) is 3.21. The molecule has 3 atom stereocenters. The predicted molar refractivity (Wildman–Crippen MR) is 139 cm³/mol. The van der Waals surface area contributed by atoms with E-state index in [1.54, 1.807) is 30.3 Å². The summed E-state index contributed by atoms with van der Waals surface area (Å²) in [7, 11) is 0. The second kappa shape index (κ2) is 10.2. The lowest BCUT2D eigenvalue weighted by Gasteiger charge is -2.38. The van der Waals surface area contributed by atoms with Gasteiger partial charge in [0.15, 0.2) is 0 Å². The van der Waals surface area contributed by atoms with Gasteiger partial charge >= 0.3 is 0 Å². The number of halogens is 1. The van der Waals surface area contributed by atoms with E-state index in [1.807, 2.05) is 43.3 Å². The van der Waals surface area contributed by atoms with E-state index < -0.39 is 0 Å². The van der Waals surface area contributed by atoms with Crippen LogP contribution in [-0.2, 0) is 9.53 Å². The van der Waals surface area contributed by atoms with Crippen molar-refractivity contribution in [3.63, 3.8) is 0 Å². The summed E-state index contributed by atoms with van der Waals surface area (Å²) in [6, 6.07) is 13.0. The third-order valence-corrected chi connectivity index (χ3v) is 7.00. The van der Waals surface area contributed by atoms with Crippen molar-refractivity contribution in [1.29, 1.82) is 0 Å². The first kappa shape index (κ1) is 24.2. The number of carbonyl (C=O) groups excluding carboxylic acids is 2. The first-order valence-electron chi connectivity index (χ1n) is 12.0. The summed E-state index contributed by atoms with van der Waals surface area (Å²) < 4.78 is 5.34. The van der Waals surface area contributed by atoms with Crippen molar-refractivity contribution in [3.05, 3.63) is 71.0 Å². The third kappa shape index (κ3) is 4.92. The molecule has 36 heavy (non-hydrogen) atoms. The Morgan fingerprint density at radius 3 is 2.56 bits per heavy atom. The van der Waals surface area contributed by atoms with E-state index >= 15 is 0 Å². The maximum Gasteiger partial charge on any atom is 0.255 e. The summed E-state index contributed by atoms with van der Waals surface area (Å²) in [4.78, 5) is 36.2. The molecule has 8 nitrogen and oxygen atoms in total. The molecule has 0 radical (unpaired) electrons. The van der Waals surface area contributed by atoms with Crippen LogP contribution in [0.15, 0.2) is 54.9 Å². The van der Waals surface area contributed by atoms with E-state index in [4.69, 9.17) is 16.3 Å². The van der Waals surface area contributed by atoms with E-state index in [0.29, 0.717) is 42.7 Å². The number of aromatic nitrogens is 2. The summed E-state index contributed by atoms with van der Waals surface area (Å²) in [5, 5.41) is 7.47. The molecule has 9 heteroatoms. The van der Waals surface area contributed by atoms with Gasteiger partial charge in [-0.1, -0.05) is 17.7 Å². The number of ether oxygens (including phenoxy) is 1. The number of fused-ring (bicyclic) bond motifs is 1. The fourth-order valence-electron chi connectivity index (χ4n) is 4.94. The van der Waals surface area contributed by atoms with E-state index in [9.17, 15) is 9.59 Å². The normalized spacial score (nSPS) is 21.3. The molecular formula is C27H28ClN5O3. The number of pyridine rings is 2. The molecule has 0 spiro atoms. The van der Waals surface area contributed by atoms with Crippen LogP contribution in [-0.4, -0.2) is 58.9 Å². The molecule has 186 valence electrons. The zero-order valence-electron chi connectivity index (χ0n) is 20.2. The Morgan fingerprint density at radius 2 is 1.89 bits per heavy atom. The van der Waals surface area contributed by atoms with Gasteiger partial charge < -0.3 is 20.3 Å². The summed E-state index contributed by atoms with van der Waals surface area (Å²) in [5.74, 6) is 0.392. The highest BCUT2D eigenvalue weighted by Gasteiger charge is 2.38. The minimum absolute atomic E-state index is 0.0370. The molecule has 3 aromatic rings. The highest BCUT2D eigenvalue weighted by atomic mass is 35.5. The Hall–Kier alpha value is -3.49. The smallest absolute Gasteiger partial charge is 0.255 e. The average molecular weight is 506 g/mol. The van der Waals surface area contributed by atoms with Crippen molar-refractivity contribution in [3.8, 4) is 11.3 Å². The number of anilines is 2. The molecule has 2 aliphatic rings. The first-order chi connectivity index (χ1) is 17.4. The molecule has 5 rings (SSSR count). The van der Waals surface area contributed by atoms with Crippen LogP contribution in [0.2, 0.25) is 5.02 Å². The second-order valence-corrected chi connectivity index (χ2v) is 9.63. The Balaban J connectivity index is 1.45. The van der Waals surface area contributed by atoms with Gasteiger partial charge in [0.05, 0.1) is 41.5 Å². The molecule has 2 aromatic heterocycles. The first-order valence-corrected chi connectivity index (χ1v) is 12.4. The summed E-state index contributed by atoms with van der Waals surface area (Å²) in [6.45, 7) is 5.92. The molecule has 2 aliphatic heterocycles. The number of rotatable bonds is 5. The lowest BCUT2D eigenvalue weighted by molar-refractivity contribution is -0.121. The number of hydrogen-bond acceptors (Lipinski definition) is 7. The number of hydrogen-bond donors (Lipinski definition) is 2. The van der Waals surface area contributed by atoms with Crippen LogP contribution in [0.1, 0.15) is 35.8 Å². The number of morpholine rings is 1. The van der Waals surface area contributed by atoms with Crippen LogP contribution in [0, 0.1) is 5.92 Å². The van der Waals surface area contributed by atoms with Crippen molar-refractivity contribution < 1.29 is 14.3 Å². The highest BCUT2D eigenvalue weighted by Crippen LogP contribution is 2.41. The Kier molecular flexibility index (Phi) is 6.89. The number of amides is 1. The highest BCUT2D eigenvalue weighted by molar-refractivity contribution is 6.30. The Labute approximate surface area is 215 Å². The van der Waals surface area contributed by atoms with Gasteiger partial charge in [-0.2, -0.15) is 0 Å². The van der Waals surface area contributed by atoms with Crippen molar-refractivity contribution in [2.24, 2.45) is 5.92 Å². The van der Waals surface area contributed by atoms with Crippen molar-refractivity contribution in [1.82, 2.24) is 14.9 Å². The molecule has 1 saturated heterocycles. The number of nitrogens with zero attached hydrogens (tertiary/aromatic N) is 3. The van der Waals surface area contributed by atoms with Gasteiger partial charge in [-0.05, 0) is 55.8 Å². The maximum atomic E-state index is 12.8. The van der Waals surface area contributed by atoms with Gasteiger partial charge in [-0.3, -0.25) is 14.6 Å². The lowest BCUT2D eigenvalue weighted by Crippen LogP contribution is -2.42. The molecular weight excluding hydrogens is 478 g/mol. The van der Waals surface area contributed by atoms with Gasteiger partial charge in [0.25, 0.3) is 5.91 Å². The summed E-state index contributed by atoms with van der Waals surface area (Å²) in [5.41, 5.74) is 4.11. The van der Waals surface area contributed by atoms with Gasteiger partial charge in [0, 0.05) is 42.8 Å². The van der Waals surface area contributed by atoms with Gasteiger partial charge in [0.1, 0.15) is 11.6 Å². The number of nitrogens with one attached hydrogen (secondary N) is 2. The zero-order chi connectivity index (χ0) is 25.2. The van der Waals surface area contributed by atoms with Crippen LogP contribution in [0.4, 0.5) is 11.5 Å². The zero-order valence-corrected chi connectivity index (χ0v) is 21.0. The van der Waals surface area contributed by atoms with E-state index in [0.717, 1.165) is 22.5 Å². The Morgan fingerprint density at radius 1 is 1.08 bits per heavy atom. The maximum absolute atomic E-state index is 12.8. The molecule has 4 heterocycles. The number of ketones is 1. The number of carbonyl (C=O) groups is 2. The van der Waals surface area contributed by atoms with E-state index in [-0.39, 0.29) is 29.7 Å². The molecule has 1 amide bonds. The average Bonchev–Trinajstić information content (AvgIpc) is 2.89. The third-order valence-electron chi connectivity index (χ3n) is 6.77. The van der Waals surface area contributed by atoms with Crippen LogP contribution in [0.3, 0.4) is 0 Å². The van der Waals surface area contributed by atoms with Gasteiger partial charge in [-0.15, -0.1) is 0 Å². The quantitative estimate of drug-likeness (QED) is 0.529.